The van der Waals surface area contributed by atoms with Crippen molar-refractivity contribution < 1.29 is 0 Å². The highest BCUT2D eigenvalue weighted by molar-refractivity contribution is 8.14. The average Bonchev–Trinajstić information content (AvgIpc) is 2.56. The van der Waals surface area contributed by atoms with Crippen molar-refractivity contribution in [2.75, 3.05) is 12.3 Å². The van der Waals surface area contributed by atoms with Crippen LogP contribution in [0.15, 0.2) is 4.99 Å². The highest BCUT2D eigenvalue weighted by Crippen LogP contribution is 2.26. The Morgan fingerprint density at radius 1 is 1.29 bits per heavy atom. The molecule has 2 nitrogen and oxygen atoms in total. The second kappa shape index (κ2) is 4.79. The summed E-state index contributed by atoms with van der Waals surface area (Å²) in [6.45, 7) is 5.55. The zero-order valence-corrected chi connectivity index (χ0v) is 10.5. The van der Waals surface area contributed by atoms with Gasteiger partial charge in [0.2, 0.25) is 0 Å². The molecule has 4 heteroatoms. The molecule has 0 saturated carbocycles. The first kappa shape index (κ1) is 10.7. The molecule has 1 saturated heterocycles. The summed E-state index contributed by atoms with van der Waals surface area (Å²) in [6, 6.07) is 0.660. The van der Waals surface area contributed by atoms with Gasteiger partial charge in [0.05, 0.1) is 6.54 Å². The minimum Gasteiger partial charge on any atom is -0.361 e. The van der Waals surface area contributed by atoms with Crippen molar-refractivity contribution in [1.82, 2.24) is 5.32 Å². The molecule has 1 fully saturated rings. The lowest BCUT2D eigenvalue weighted by Crippen LogP contribution is -2.37. The summed E-state index contributed by atoms with van der Waals surface area (Å²) in [6.07, 6.45) is 2.65. The number of rotatable bonds is 1. The monoisotopic (exact) mass is 230 g/mol. The summed E-state index contributed by atoms with van der Waals surface area (Å²) >= 11 is 3.97. The van der Waals surface area contributed by atoms with Crippen LogP contribution in [0.25, 0.3) is 0 Å². The highest BCUT2D eigenvalue weighted by atomic mass is 32.2. The minimum atomic E-state index is 0.660. The lowest BCUT2D eigenvalue weighted by molar-refractivity contribution is 0.566. The fourth-order valence-electron chi connectivity index (χ4n) is 1.73. The third-order valence-corrected chi connectivity index (χ3v) is 5.06. The van der Waals surface area contributed by atoms with Crippen LogP contribution >= 0.6 is 23.5 Å². The van der Waals surface area contributed by atoms with E-state index in [0.29, 0.717) is 11.3 Å². The van der Waals surface area contributed by atoms with E-state index < -0.39 is 0 Å². The first-order valence-corrected chi connectivity index (χ1v) is 7.26. The van der Waals surface area contributed by atoms with Gasteiger partial charge in [-0.15, -0.1) is 0 Å². The topological polar surface area (TPSA) is 24.4 Å². The summed E-state index contributed by atoms with van der Waals surface area (Å²) in [5.74, 6) is 1.25. The zero-order chi connectivity index (χ0) is 9.97. The van der Waals surface area contributed by atoms with Crippen LogP contribution in [-0.2, 0) is 0 Å². The number of hydrogen-bond donors (Lipinski definition) is 1. The fourth-order valence-corrected chi connectivity index (χ4v) is 3.76. The molecule has 0 aromatic carbocycles. The Kier molecular flexibility index (Phi) is 3.66. The van der Waals surface area contributed by atoms with Gasteiger partial charge in [-0.3, -0.25) is 4.99 Å². The van der Waals surface area contributed by atoms with Gasteiger partial charge in [0.1, 0.15) is 0 Å². The zero-order valence-electron chi connectivity index (χ0n) is 8.82. The fraction of sp³-hybridized carbons (Fsp3) is 0.900. The van der Waals surface area contributed by atoms with E-state index in [9.17, 15) is 0 Å². The standard InChI is InChI=1S/C10H18N2S2/c1-7-3-4-9(6-13-7)12-10-11-5-8(2)14-10/h7-9H,3-6H2,1-2H3,(H,11,12). The molecule has 1 N–H and O–H groups in total. The Balaban J connectivity index is 1.75. The molecule has 0 bridgehead atoms. The molecule has 3 unspecified atom stereocenters. The van der Waals surface area contributed by atoms with Crippen LogP contribution in [0.3, 0.4) is 0 Å². The second-order valence-corrected chi connectivity index (χ2v) is 7.04. The number of aliphatic imine (C=N–C) groups is 1. The summed E-state index contributed by atoms with van der Waals surface area (Å²) in [4.78, 5) is 4.49. The quantitative estimate of drug-likeness (QED) is 0.748. The van der Waals surface area contributed by atoms with Crippen LogP contribution in [0.1, 0.15) is 26.7 Å². The number of nitrogens with one attached hydrogen (secondary N) is 1. The minimum absolute atomic E-state index is 0.660. The van der Waals surface area contributed by atoms with Crippen molar-refractivity contribution >= 4 is 28.7 Å². The molecule has 0 radical (unpaired) electrons. The van der Waals surface area contributed by atoms with E-state index in [1.807, 2.05) is 11.8 Å². The van der Waals surface area contributed by atoms with Crippen LogP contribution in [0.2, 0.25) is 0 Å². The van der Waals surface area contributed by atoms with E-state index in [0.717, 1.165) is 11.8 Å². The smallest absolute Gasteiger partial charge is 0.157 e. The normalized spacial score (nSPS) is 38.1. The predicted octanol–water partition coefficient (Wildman–Crippen LogP) is 2.35. The van der Waals surface area contributed by atoms with E-state index in [1.165, 1.54) is 23.8 Å². The number of amidine groups is 1. The Labute approximate surface area is 94.7 Å². The molecular formula is C10H18N2S2. The molecule has 2 aliphatic heterocycles. The Morgan fingerprint density at radius 2 is 2.14 bits per heavy atom. The van der Waals surface area contributed by atoms with Gasteiger partial charge in [0.25, 0.3) is 0 Å². The summed E-state index contributed by atoms with van der Waals surface area (Å²) in [5.41, 5.74) is 0. The Bertz CT molecular complexity index is 222. The Morgan fingerprint density at radius 3 is 2.71 bits per heavy atom. The molecule has 0 spiro atoms. The van der Waals surface area contributed by atoms with Gasteiger partial charge in [-0.05, 0) is 12.8 Å². The van der Waals surface area contributed by atoms with Gasteiger partial charge in [-0.2, -0.15) is 11.8 Å². The van der Waals surface area contributed by atoms with Gasteiger partial charge in [0, 0.05) is 22.3 Å². The maximum absolute atomic E-state index is 4.49. The number of hydrogen-bond acceptors (Lipinski definition) is 4. The molecule has 0 aromatic heterocycles. The van der Waals surface area contributed by atoms with Crippen LogP contribution in [0, 0.1) is 0 Å². The third kappa shape index (κ3) is 2.83. The summed E-state index contributed by atoms with van der Waals surface area (Å²) in [7, 11) is 0. The maximum atomic E-state index is 4.49. The van der Waals surface area contributed by atoms with E-state index in [2.05, 4.69) is 35.9 Å². The highest BCUT2D eigenvalue weighted by Gasteiger charge is 2.22. The van der Waals surface area contributed by atoms with Gasteiger partial charge in [-0.1, -0.05) is 25.6 Å². The third-order valence-electron chi connectivity index (χ3n) is 2.64. The lowest BCUT2D eigenvalue weighted by Gasteiger charge is -2.27. The van der Waals surface area contributed by atoms with Gasteiger partial charge in [0.15, 0.2) is 5.17 Å². The van der Waals surface area contributed by atoms with Crippen molar-refractivity contribution in [3.8, 4) is 0 Å². The first-order valence-electron chi connectivity index (χ1n) is 5.33. The molecule has 80 valence electrons. The Hall–Kier alpha value is 0.170. The van der Waals surface area contributed by atoms with Crippen molar-refractivity contribution in [2.45, 2.75) is 43.2 Å². The van der Waals surface area contributed by atoms with E-state index in [4.69, 9.17) is 0 Å². The first-order chi connectivity index (χ1) is 6.74. The summed E-state index contributed by atoms with van der Waals surface area (Å²) in [5, 5.41) is 6.27. The van der Waals surface area contributed by atoms with Gasteiger partial charge < -0.3 is 5.32 Å². The molecule has 0 aliphatic carbocycles. The molecular weight excluding hydrogens is 212 g/mol. The molecule has 14 heavy (non-hydrogen) atoms. The summed E-state index contributed by atoms with van der Waals surface area (Å²) < 4.78 is 0. The maximum Gasteiger partial charge on any atom is 0.157 e. The van der Waals surface area contributed by atoms with E-state index in [1.54, 1.807) is 0 Å². The van der Waals surface area contributed by atoms with E-state index >= 15 is 0 Å². The lowest BCUT2D eigenvalue weighted by atomic mass is 10.1. The number of thioether (sulfide) groups is 2. The molecule has 2 aliphatic rings. The van der Waals surface area contributed by atoms with Crippen LogP contribution < -0.4 is 5.32 Å². The van der Waals surface area contributed by atoms with E-state index in [-0.39, 0.29) is 0 Å². The predicted molar refractivity (Wildman–Crippen MR) is 67.4 cm³/mol. The molecule has 2 heterocycles. The van der Waals surface area contributed by atoms with Gasteiger partial charge in [-0.25, -0.2) is 0 Å². The van der Waals surface area contributed by atoms with Crippen LogP contribution in [-0.4, -0.2) is 34.0 Å². The van der Waals surface area contributed by atoms with Crippen molar-refractivity contribution in [2.24, 2.45) is 4.99 Å². The largest absolute Gasteiger partial charge is 0.361 e. The molecule has 3 atom stereocenters. The molecule has 0 amide bonds. The van der Waals surface area contributed by atoms with Crippen LogP contribution in [0.4, 0.5) is 0 Å². The molecule has 0 aromatic rings. The van der Waals surface area contributed by atoms with Crippen molar-refractivity contribution in [1.29, 1.82) is 0 Å². The average molecular weight is 230 g/mol. The van der Waals surface area contributed by atoms with Crippen molar-refractivity contribution in [3.63, 3.8) is 0 Å². The van der Waals surface area contributed by atoms with Crippen molar-refractivity contribution in [3.05, 3.63) is 0 Å². The molecule has 2 rings (SSSR count). The second-order valence-electron chi connectivity index (χ2n) is 4.14. The number of nitrogens with zero attached hydrogens (tertiary/aromatic N) is 1. The van der Waals surface area contributed by atoms with Crippen LogP contribution in [0.5, 0.6) is 0 Å². The van der Waals surface area contributed by atoms with Gasteiger partial charge >= 0.3 is 0 Å². The SMILES string of the molecule is CC1CCC(NC2=NCC(C)S2)CS1.